The van der Waals surface area contributed by atoms with Gasteiger partial charge in [-0.15, -0.1) is 0 Å². The number of anilines is 1. The summed E-state index contributed by atoms with van der Waals surface area (Å²) in [6.07, 6.45) is 2.74. The molecule has 1 N–H and O–H groups in total. The van der Waals surface area contributed by atoms with Gasteiger partial charge >= 0.3 is 0 Å². The monoisotopic (exact) mass is 289 g/mol. The second-order valence-electron chi connectivity index (χ2n) is 6.23. The van der Waals surface area contributed by atoms with E-state index in [1.165, 1.54) is 18.5 Å². The number of ether oxygens (including phenoxy) is 1. The summed E-state index contributed by atoms with van der Waals surface area (Å²) in [6, 6.07) is 9.76. The molecule has 0 amide bonds. The van der Waals surface area contributed by atoms with Crippen LogP contribution in [0, 0.1) is 0 Å². The highest BCUT2D eigenvalue weighted by atomic mass is 16.5. The topological polar surface area (TPSA) is 27.7 Å². The van der Waals surface area contributed by atoms with E-state index in [-0.39, 0.29) is 0 Å². The number of nitrogens with zero attached hydrogens (tertiary/aromatic N) is 2. The molecule has 21 heavy (non-hydrogen) atoms. The van der Waals surface area contributed by atoms with Crippen molar-refractivity contribution in [2.75, 3.05) is 44.7 Å². The number of benzene rings is 1. The van der Waals surface area contributed by atoms with Crippen LogP contribution in [0.5, 0.6) is 5.75 Å². The lowest BCUT2D eigenvalue weighted by Gasteiger charge is -2.39. The summed E-state index contributed by atoms with van der Waals surface area (Å²) < 4.78 is 5.48. The summed E-state index contributed by atoms with van der Waals surface area (Å²) in [6.45, 7) is 7.88. The Morgan fingerprint density at radius 1 is 1.19 bits per heavy atom. The Labute approximate surface area is 128 Å². The molecule has 4 heteroatoms. The Bertz CT molecular complexity index is 453. The zero-order valence-electron chi connectivity index (χ0n) is 13.2. The molecule has 2 aliphatic rings. The van der Waals surface area contributed by atoms with Crippen molar-refractivity contribution in [1.82, 2.24) is 10.2 Å². The van der Waals surface area contributed by atoms with Crippen LogP contribution in [0.1, 0.15) is 19.8 Å². The van der Waals surface area contributed by atoms with Crippen LogP contribution in [0.15, 0.2) is 24.3 Å². The average molecular weight is 289 g/mol. The maximum absolute atomic E-state index is 5.48. The number of hydrogen-bond acceptors (Lipinski definition) is 4. The molecule has 0 aromatic heterocycles. The Balaban J connectivity index is 1.52. The van der Waals surface area contributed by atoms with Crippen LogP contribution in [-0.2, 0) is 0 Å². The van der Waals surface area contributed by atoms with Crippen molar-refractivity contribution < 1.29 is 4.74 Å². The van der Waals surface area contributed by atoms with Crippen LogP contribution in [0.4, 0.5) is 5.69 Å². The maximum Gasteiger partial charge on any atom is 0.142 e. The van der Waals surface area contributed by atoms with Gasteiger partial charge in [0, 0.05) is 44.8 Å². The van der Waals surface area contributed by atoms with E-state index in [9.17, 15) is 0 Å². The van der Waals surface area contributed by atoms with Crippen molar-refractivity contribution in [3.8, 4) is 5.75 Å². The molecule has 1 aliphatic carbocycles. The SMILES string of the molecule is COc1ccccc1N1CCN(C(C)CNC2CC2)CC1. The van der Waals surface area contributed by atoms with Gasteiger partial charge in [0.15, 0.2) is 0 Å². The first-order valence-corrected chi connectivity index (χ1v) is 8.13. The molecule has 1 heterocycles. The molecule has 0 radical (unpaired) electrons. The zero-order chi connectivity index (χ0) is 14.7. The molecule has 4 nitrogen and oxygen atoms in total. The smallest absolute Gasteiger partial charge is 0.142 e. The first-order valence-electron chi connectivity index (χ1n) is 8.13. The number of para-hydroxylation sites is 2. The van der Waals surface area contributed by atoms with Crippen molar-refractivity contribution in [3.63, 3.8) is 0 Å². The summed E-state index contributed by atoms with van der Waals surface area (Å²) in [4.78, 5) is 5.04. The number of rotatable bonds is 6. The molecule has 1 atom stereocenters. The van der Waals surface area contributed by atoms with E-state index < -0.39 is 0 Å². The van der Waals surface area contributed by atoms with Crippen molar-refractivity contribution >= 4 is 5.69 Å². The van der Waals surface area contributed by atoms with Gasteiger partial charge < -0.3 is 15.0 Å². The van der Waals surface area contributed by atoms with E-state index in [1.54, 1.807) is 7.11 Å². The number of piperazine rings is 1. The van der Waals surface area contributed by atoms with Crippen LogP contribution in [0.25, 0.3) is 0 Å². The zero-order valence-corrected chi connectivity index (χ0v) is 13.2. The highest BCUT2D eigenvalue weighted by Gasteiger charge is 2.25. The van der Waals surface area contributed by atoms with Crippen molar-refractivity contribution in [2.24, 2.45) is 0 Å². The van der Waals surface area contributed by atoms with Crippen molar-refractivity contribution in [2.45, 2.75) is 31.8 Å². The van der Waals surface area contributed by atoms with Crippen molar-refractivity contribution in [3.05, 3.63) is 24.3 Å². The average Bonchev–Trinajstić information content (AvgIpc) is 3.37. The third-order valence-corrected chi connectivity index (χ3v) is 4.64. The van der Waals surface area contributed by atoms with Crippen LogP contribution in [0.2, 0.25) is 0 Å². The molecule has 2 fully saturated rings. The first kappa shape index (κ1) is 14.7. The normalized spacial score (nSPS) is 21.3. The van der Waals surface area contributed by atoms with E-state index in [4.69, 9.17) is 4.74 Å². The molecule has 0 spiro atoms. The molecule has 1 aliphatic heterocycles. The van der Waals surface area contributed by atoms with E-state index in [0.717, 1.165) is 44.5 Å². The quantitative estimate of drug-likeness (QED) is 0.866. The fraction of sp³-hybridized carbons (Fsp3) is 0.647. The van der Waals surface area contributed by atoms with Gasteiger partial charge in [-0.05, 0) is 31.9 Å². The largest absolute Gasteiger partial charge is 0.495 e. The standard InChI is InChI=1S/C17H27N3O/c1-14(13-18-15-7-8-15)19-9-11-20(12-10-19)16-5-3-4-6-17(16)21-2/h3-6,14-15,18H,7-13H2,1-2H3. The lowest BCUT2D eigenvalue weighted by molar-refractivity contribution is 0.192. The van der Waals surface area contributed by atoms with E-state index in [1.807, 2.05) is 12.1 Å². The lowest BCUT2D eigenvalue weighted by atomic mass is 10.2. The second kappa shape index (κ2) is 6.67. The van der Waals surface area contributed by atoms with Crippen LogP contribution >= 0.6 is 0 Å². The van der Waals surface area contributed by atoms with Crippen LogP contribution in [-0.4, -0.2) is 56.8 Å². The van der Waals surface area contributed by atoms with Gasteiger partial charge in [0.1, 0.15) is 5.75 Å². The van der Waals surface area contributed by atoms with Crippen molar-refractivity contribution in [1.29, 1.82) is 0 Å². The van der Waals surface area contributed by atoms with Gasteiger partial charge in [0.25, 0.3) is 0 Å². The summed E-state index contributed by atoms with van der Waals surface area (Å²) in [5.41, 5.74) is 1.23. The molecule has 1 aromatic carbocycles. The first-order chi connectivity index (χ1) is 10.3. The third kappa shape index (κ3) is 3.69. The predicted molar refractivity (Wildman–Crippen MR) is 87.3 cm³/mol. The molecule has 1 aromatic rings. The lowest BCUT2D eigenvalue weighted by Crippen LogP contribution is -2.52. The molecular formula is C17H27N3O. The van der Waals surface area contributed by atoms with Gasteiger partial charge in [0.2, 0.25) is 0 Å². The Kier molecular flexibility index (Phi) is 4.66. The summed E-state index contributed by atoms with van der Waals surface area (Å²) >= 11 is 0. The minimum Gasteiger partial charge on any atom is -0.495 e. The van der Waals surface area contributed by atoms with Gasteiger partial charge in [0.05, 0.1) is 12.8 Å². The molecule has 1 saturated heterocycles. The molecule has 0 bridgehead atoms. The molecule has 3 rings (SSSR count). The number of hydrogen-bond donors (Lipinski definition) is 1. The molecule has 1 unspecified atom stereocenters. The van der Waals surface area contributed by atoms with E-state index >= 15 is 0 Å². The Morgan fingerprint density at radius 2 is 1.90 bits per heavy atom. The number of nitrogens with one attached hydrogen (secondary N) is 1. The van der Waals surface area contributed by atoms with Crippen LogP contribution in [0.3, 0.4) is 0 Å². The Morgan fingerprint density at radius 3 is 2.57 bits per heavy atom. The Hall–Kier alpha value is -1.26. The van der Waals surface area contributed by atoms with Gasteiger partial charge in [-0.25, -0.2) is 0 Å². The summed E-state index contributed by atoms with van der Waals surface area (Å²) in [7, 11) is 1.75. The molecule has 116 valence electrons. The highest BCUT2D eigenvalue weighted by molar-refractivity contribution is 5.58. The van der Waals surface area contributed by atoms with Crippen LogP contribution < -0.4 is 15.0 Å². The van der Waals surface area contributed by atoms with E-state index in [2.05, 4.69) is 34.2 Å². The second-order valence-corrected chi connectivity index (χ2v) is 6.23. The van der Waals surface area contributed by atoms with Gasteiger partial charge in [-0.3, -0.25) is 4.90 Å². The summed E-state index contributed by atoms with van der Waals surface area (Å²) in [5.74, 6) is 0.981. The highest BCUT2D eigenvalue weighted by Crippen LogP contribution is 2.28. The van der Waals surface area contributed by atoms with Gasteiger partial charge in [-0.2, -0.15) is 0 Å². The fourth-order valence-electron chi connectivity index (χ4n) is 3.05. The molecular weight excluding hydrogens is 262 g/mol. The number of methoxy groups -OCH3 is 1. The molecule has 1 saturated carbocycles. The van der Waals surface area contributed by atoms with Gasteiger partial charge in [-0.1, -0.05) is 12.1 Å². The minimum atomic E-state index is 0.630. The fourth-order valence-corrected chi connectivity index (χ4v) is 3.05. The van der Waals surface area contributed by atoms with E-state index in [0.29, 0.717) is 6.04 Å². The summed E-state index contributed by atoms with van der Waals surface area (Å²) in [5, 5.41) is 3.64. The minimum absolute atomic E-state index is 0.630. The predicted octanol–water partition coefficient (Wildman–Crippen LogP) is 1.96. The maximum atomic E-state index is 5.48. The third-order valence-electron chi connectivity index (χ3n) is 4.64.